The summed E-state index contributed by atoms with van der Waals surface area (Å²) in [4.78, 5) is 12.8. The summed E-state index contributed by atoms with van der Waals surface area (Å²) < 4.78 is 6.04. The number of fused-ring (bicyclic) bond motifs is 1. The van der Waals surface area contributed by atoms with E-state index in [2.05, 4.69) is 13.8 Å². The van der Waals surface area contributed by atoms with Crippen LogP contribution in [0.25, 0.3) is 28.4 Å². The molecule has 0 fully saturated rings. The molecule has 3 aromatic rings. The molecule has 0 amide bonds. The number of rotatable bonds is 3. The smallest absolute Gasteiger partial charge is 0.200 e. The normalized spacial score (nSPS) is 11.6. The first-order chi connectivity index (χ1) is 10.7. The summed E-state index contributed by atoms with van der Waals surface area (Å²) in [5.41, 5.74) is 2.15. The summed E-state index contributed by atoms with van der Waals surface area (Å²) in [6.07, 6.45) is 3.90. The second kappa shape index (κ2) is 6.02. The second-order valence-electron chi connectivity index (χ2n) is 5.64. The highest BCUT2D eigenvalue weighted by molar-refractivity contribution is 5.83. The van der Waals surface area contributed by atoms with Crippen LogP contribution in [0.5, 0.6) is 0 Å². The highest BCUT2D eigenvalue weighted by Crippen LogP contribution is 2.26. The summed E-state index contributed by atoms with van der Waals surface area (Å²) in [6, 6.07) is 17.1. The van der Waals surface area contributed by atoms with E-state index in [9.17, 15) is 4.79 Å². The van der Waals surface area contributed by atoms with E-state index in [0.717, 1.165) is 5.56 Å². The largest absolute Gasteiger partial charge is 0.455 e. The average molecular weight is 290 g/mol. The Morgan fingerprint density at radius 2 is 1.64 bits per heavy atom. The second-order valence-corrected chi connectivity index (χ2v) is 5.64. The van der Waals surface area contributed by atoms with Crippen molar-refractivity contribution in [1.29, 1.82) is 0 Å². The molecule has 0 aliphatic heterocycles. The summed E-state index contributed by atoms with van der Waals surface area (Å²) >= 11 is 0. The van der Waals surface area contributed by atoms with E-state index in [1.165, 1.54) is 0 Å². The third-order valence-electron chi connectivity index (χ3n) is 3.52. The van der Waals surface area contributed by atoms with Crippen LogP contribution in [0.3, 0.4) is 0 Å². The summed E-state index contributed by atoms with van der Waals surface area (Å²) in [5.74, 6) is 0.996. The molecule has 0 aliphatic rings. The van der Waals surface area contributed by atoms with Crippen LogP contribution in [0.4, 0.5) is 0 Å². The maximum absolute atomic E-state index is 12.8. The molecule has 0 saturated carbocycles. The third kappa shape index (κ3) is 2.73. The number of allylic oxidation sites excluding steroid dienone is 1. The monoisotopic (exact) mass is 290 g/mol. The fraction of sp³-hybridized carbons (Fsp3) is 0.150. The Hall–Kier alpha value is -2.61. The van der Waals surface area contributed by atoms with Crippen molar-refractivity contribution >= 4 is 17.0 Å². The molecule has 3 rings (SSSR count). The first kappa shape index (κ1) is 14.3. The molecule has 0 saturated heterocycles. The molecule has 1 heterocycles. The van der Waals surface area contributed by atoms with Crippen molar-refractivity contribution in [3.8, 4) is 11.3 Å². The van der Waals surface area contributed by atoms with Crippen molar-refractivity contribution in [1.82, 2.24) is 0 Å². The van der Waals surface area contributed by atoms with Crippen LogP contribution in [0.15, 0.2) is 69.9 Å². The van der Waals surface area contributed by atoms with Crippen molar-refractivity contribution in [3.63, 3.8) is 0 Å². The van der Waals surface area contributed by atoms with Gasteiger partial charge in [0.15, 0.2) is 0 Å². The molecule has 2 nitrogen and oxygen atoms in total. The molecule has 0 aliphatic carbocycles. The third-order valence-corrected chi connectivity index (χ3v) is 3.52. The van der Waals surface area contributed by atoms with Crippen molar-refractivity contribution in [3.05, 3.63) is 76.5 Å². The Labute approximate surface area is 129 Å². The lowest BCUT2D eigenvalue weighted by atomic mass is 10.0. The number of hydrogen-bond acceptors (Lipinski definition) is 2. The molecular formula is C20H18O2. The van der Waals surface area contributed by atoms with E-state index in [1.54, 1.807) is 0 Å². The van der Waals surface area contributed by atoms with Crippen molar-refractivity contribution in [2.75, 3.05) is 0 Å². The van der Waals surface area contributed by atoms with E-state index < -0.39 is 0 Å². The zero-order valence-electron chi connectivity index (χ0n) is 12.7. The molecule has 1 aromatic heterocycles. The molecular weight excluding hydrogens is 272 g/mol. The van der Waals surface area contributed by atoms with Crippen LogP contribution in [0.2, 0.25) is 0 Å². The molecule has 0 atom stereocenters. The topological polar surface area (TPSA) is 30.2 Å². The molecule has 0 bridgehead atoms. The zero-order chi connectivity index (χ0) is 15.5. The van der Waals surface area contributed by atoms with Gasteiger partial charge in [0.2, 0.25) is 5.43 Å². The summed E-state index contributed by atoms with van der Waals surface area (Å²) in [5, 5.41) is 0.616. The standard InChI is InChI=1S/C20H18O2/c1-14(2)12-13-17-19(21)16-10-6-7-11-18(16)22-20(17)15-8-4-3-5-9-15/h3-14H,1-2H3/b13-12+. The lowest BCUT2D eigenvalue weighted by Gasteiger charge is -2.08. The fourth-order valence-electron chi connectivity index (χ4n) is 2.40. The Morgan fingerprint density at radius 3 is 2.36 bits per heavy atom. The van der Waals surface area contributed by atoms with Crippen LogP contribution in [-0.4, -0.2) is 0 Å². The van der Waals surface area contributed by atoms with Gasteiger partial charge in [-0.05, 0) is 18.1 Å². The van der Waals surface area contributed by atoms with Crippen molar-refractivity contribution in [2.24, 2.45) is 5.92 Å². The number of para-hydroxylation sites is 1. The predicted molar refractivity (Wildman–Crippen MR) is 91.8 cm³/mol. The zero-order valence-corrected chi connectivity index (χ0v) is 12.7. The quantitative estimate of drug-likeness (QED) is 0.669. The van der Waals surface area contributed by atoms with Gasteiger partial charge in [0.1, 0.15) is 11.3 Å². The van der Waals surface area contributed by atoms with Crippen LogP contribution in [-0.2, 0) is 0 Å². The van der Waals surface area contributed by atoms with Gasteiger partial charge in [-0.25, -0.2) is 0 Å². The van der Waals surface area contributed by atoms with Gasteiger partial charge in [-0.2, -0.15) is 0 Å². The fourth-order valence-corrected chi connectivity index (χ4v) is 2.40. The lowest BCUT2D eigenvalue weighted by molar-refractivity contribution is 0.617. The Kier molecular flexibility index (Phi) is 3.92. The van der Waals surface area contributed by atoms with E-state index in [4.69, 9.17) is 4.42 Å². The van der Waals surface area contributed by atoms with Gasteiger partial charge in [-0.15, -0.1) is 0 Å². The summed E-state index contributed by atoms with van der Waals surface area (Å²) in [7, 11) is 0. The molecule has 0 N–H and O–H groups in total. The maximum atomic E-state index is 12.8. The summed E-state index contributed by atoms with van der Waals surface area (Å²) in [6.45, 7) is 4.17. The van der Waals surface area contributed by atoms with Crippen molar-refractivity contribution in [2.45, 2.75) is 13.8 Å². The minimum atomic E-state index is 0.0117. The Morgan fingerprint density at radius 1 is 0.955 bits per heavy atom. The van der Waals surface area contributed by atoms with Gasteiger partial charge in [-0.3, -0.25) is 4.79 Å². The van der Waals surface area contributed by atoms with Crippen LogP contribution < -0.4 is 5.43 Å². The number of benzene rings is 2. The maximum Gasteiger partial charge on any atom is 0.200 e. The van der Waals surface area contributed by atoms with Gasteiger partial charge in [0.05, 0.1) is 10.9 Å². The van der Waals surface area contributed by atoms with E-state index >= 15 is 0 Å². The van der Waals surface area contributed by atoms with Crippen LogP contribution in [0, 0.1) is 5.92 Å². The SMILES string of the molecule is CC(C)/C=C/c1c(-c2ccccc2)oc2ccccc2c1=O. The Balaban J connectivity index is 2.33. The average Bonchev–Trinajstić information content (AvgIpc) is 2.54. The molecule has 0 radical (unpaired) electrons. The predicted octanol–water partition coefficient (Wildman–Crippen LogP) is 5.13. The lowest BCUT2D eigenvalue weighted by Crippen LogP contribution is -2.07. The molecule has 22 heavy (non-hydrogen) atoms. The van der Waals surface area contributed by atoms with Crippen molar-refractivity contribution < 1.29 is 4.42 Å². The van der Waals surface area contributed by atoms with E-state index in [0.29, 0.717) is 28.2 Å². The Bertz CT molecular complexity index is 871. The van der Waals surface area contributed by atoms with E-state index in [1.807, 2.05) is 66.7 Å². The minimum Gasteiger partial charge on any atom is -0.455 e. The first-order valence-electron chi connectivity index (χ1n) is 7.46. The van der Waals surface area contributed by atoms with Gasteiger partial charge >= 0.3 is 0 Å². The van der Waals surface area contributed by atoms with Crippen LogP contribution in [0.1, 0.15) is 19.4 Å². The molecule has 0 unspecified atom stereocenters. The van der Waals surface area contributed by atoms with Crippen LogP contribution >= 0.6 is 0 Å². The van der Waals surface area contributed by atoms with E-state index in [-0.39, 0.29) is 5.43 Å². The number of hydrogen-bond donors (Lipinski definition) is 0. The highest BCUT2D eigenvalue weighted by Gasteiger charge is 2.13. The van der Waals surface area contributed by atoms with Gasteiger partial charge in [0.25, 0.3) is 0 Å². The first-order valence-corrected chi connectivity index (χ1v) is 7.46. The molecule has 0 spiro atoms. The molecule has 110 valence electrons. The molecule has 2 heteroatoms. The van der Waals surface area contributed by atoms with Gasteiger partial charge < -0.3 is 4.42 Å². The molecule has 2 aromatic carbocycles. The highest BCUT2D eigenvalue weighted by atomic mass is 16.3. The van der Waals surface area contributed by atoms with Gasteiger partial charge in [-0.1, -0.05) is 68.5 Å². The van der Waals surface area contributed by atoms with Gasteiger partial charge in [0, 0.05) is 5.56 Å². The minimum absolute atomic E-state index is 0.0117.